The Kier molecular flexibility index (Phi) is 8.52. The number of thioether (sulfide) groups is 1. The number of benzene rings is 1. The summed E-state index contributed by atoms with van der Waals surface area (Å²) in [7, 11) is 2.08. The van der Waals surface area contributed by atoms with Crippen molar-refractivity contribution in [1.29, 1.82) is 0 Å². The van der Waals surface area contributed by atoms with Crippen molar-refractivity contribution in [3.8, 4) is 11.3 Å². The van der Waals surface area contributed by atoms with Crippen molar-refractivity contribution in [3.63, 3.8) is 0 Å². The Bertz CT molecular complexity index is 933. The molecule has 2 N–H and O–H groups in total. The minimum atomic E-state index is 0. The fraction of sp³-hybridized carbons (Fsp3) is 0.167. The van der Waals surface area contributed by atoms with Gasteiger partial charge in [-0.2, -0.15) is 5.10 Å². The van der Waals surface area contributed by atoms with Gasteiger partial charge in [-0.15, -0.1) is 22.1 Å². The van der Waals surface area contributed by atoms with Gasteiger partial charge in [-0.3, -0.25) is 0 Å². The summed E-state index contributed by atoms with van der Waals surface area (Å²) in [5.74, 6) is 0. The molecule has 0 saturated carbocycles. The fourth-order valence-electron chi connectivity index (χ4n) is 2.55. The quantitative estimate of drug-likeness (QED) is 0.245. The molecule has 0 saturated heterocycles. The molecule has 0 radical (unpaired) electrons. The Balaban J connectivity index is 0.00000169. The first kappa shape index (κ1) is 22.4. The number of nitrogens with two attached hydrogens (primary N) is 1. The van der Waals surface area contributed by atoms with E-state index in [1.54, 1.807) is 6.21 Å². The third-order valence-electron chi connectivity index (χ3n) is 3.85. The number of fused-ring (bicyclic) bond motifs is 1. The lowest BCUT2D eigenvalue weighted by molar-refractivity contribution is -0.510. The molecule has 0 aliphatic rings. The maximum Gasteiger partial charge on any atom is 0.286 e. The van der Waals surface area contributed by atoms with Gasteiger partial charge in [0.2, 0.25) is 0 Å². The van der Waals surface area contributed by atoms with Crippen LogP contribution in [-0.4, -0.2) is 22.2 Å². The first-order valence-electron chi connectivity index (χ1n) is 7.57. The Morgan fingerprint density at radius 3 is 2.50 bits per heavy atom. The highest BCUT2D eigenvalue weighted by atomic mass is 79.9. The predicted octanol–water partition coefficient (Wildman–Crippen LogP) is 0.333. The number of imidazole rings is 1. The molecular weight excluding hydrogens is 478 g/mol. The molecule has 0 fully saturated rings. The summed E-state index contributed by atoms with van der Waals surface area (Å²) in [6.45, 7) is 2.10. The first-order valence-corrected chi connectivity index (χ1v) is 8.79. The van der Waals surface area contributed by atoms with Gasteiger partial charge in [0.15, 0.2) is 10.9 Å². The average molecular weight is 499 g/mol. The maximum absolute atomic E-state index is 5.60. The number of aryl methyl sites for hydroxylation is 2. The monoisotopic (exact) mass is 497 g/mol. The van der Waals surface area contributed by atoms with Crippen LogP contribution < -0.4 is 27.1 Å². The van der Waals surface area contributed by atoms with Crippen molar-refractivity contribution < 1.29 is 21.4 Å². The molecule has 8 heteroatoms. The number of aromatic nitrogens is 2. The standard InChI is InChI=1S/C18H20N5S.2BrH/c1-13-4-9-17-22(2)16(12-23(17)11-13)15-7-5-14(6-8-15)10-20-21-18(19)24-3;;/h4-12H,1-3H3,(H2,19,21);2*1H/q+1;;/p-1/b20-10+;;. The van der Waals surface area contributed by atoms with Crippen molar-refractivity contribution in [2.75, 3.05) is 6.26 Å². The molecule has 0 spiro atoms. The number of amidine groups is 1. The number of halogens is 2. The van der Waals surface area contributed by atoms with Crippen LogP contribution >= 0.6 is 28.7 Å². The minimum Gasteiger partial charge on any atom is -1.00 e. The zero-order valence-corrected chi connectivity index (χ0v) is 18.9. The van der Waals surface area contributed by atoms with E-state index >= 15 is 0 Å². The highest BCUT2D eigenvalue weighted by molar-refractivity contribution is 8.93. The number of hydrogen-bond acceptors (Lipinski definition) is 3. The smallest absolute Gasteiger partial charge is 0.286 e. The van der Waals surface area contributed by atoms with Gasteiger partial charge < -0.3 is 22.7 Å². The molecule has 0 aliphatic carbocycles. The zero-order chi connectivity index (χ0) is 17.1. The van der Waals surface area contributed by atoms with Gasteiger partial charge in [-0.25, -0.2) is 8.97 Å². The molecule has 2 heterocycles. The second-order valence-corrected chi connectivity index (χ2v) is 6.38. The summed E-state index contributed by atoms with van der Waals surface area (Å²) in [6, 6.07) is 12.5. The van der Waals surface area contributed by atoms with Crippen LogP contribution in [0.4, 0.5) is 0 Å². The average Bonchev–Trinajstić information content (AvgIpc) is 2.91. The lowest BCUT2D eigenvalue weighted by Crippen LogP contribution is -3.00. The molecular formula is C18H21Br2N5S. The Morgan fingerprint density at radius 1 is 1.15 bits per heavy atom. The molecule has 5 nitrogen and oxygen atoms in total. The van der Waals surface area contributed by atoms with Crippen LogP contribution in [0, 0.1) is 6.92 Å². The highest BCUT2D eigenvalue weighted by Crippen LogP contribution is 2.20. The van der Waals surface area contributed by atoms with Crippen LogP contribution in [-0.2, 0) is 7.05 Å². The van der Waals surface area contributed by atoms with Gasteiger partial charge in [0.05, 0.1) is 19.5 Å². The molecule has 138 valence electrons. The summed E-state index contributed by atoms with van der Waals surface area (Å²) in [5.41, 5.74) is 11.3. The zero-order valence-electron chi connectivity index (χ0n) is 14.8. The van der Waals surface area contributed by atoms with Crippen molar-refractivity contribution in [1.82, 2.24) is 4.57 Å². The van der Waals surface area contributed by atoms with Crippen molar-refractivity contribution in [2.45, 2.75) is 6.92 Å². The van der Waals surface area contributed by atoms with E-state index in [0.29, 0.717) is 5.17 Å². The maximum atomic E-state index is 5.60. The normalized spacial score (nSPS) is 11.4. The summed E-state index contributed by atoms with van der Waals surface area (Å²) >= 11 is 1.37. The largest absolute Gasteiger partial charge is 1.00 e. The lowest BCUT2D eigenvalue weighted by atomic mass is 10.1. The van der Waals surface area contributed by atoms with E-state index in [0.717, 1.165) is 22.5 Å². The van der Waals surface area contributed by atoms with Gasteiger partial charge in [0, 0.05) is 11.6 Å². The van der Waals surface area contributed by atoms with E-state index in [1.807, 2.05) is 18.4 Å². The van der Waals surface area contributed by atoms with Gasteiger partial charge >= 0.3 is 0 Å². The topological polar surface area (TPSA) is 59.8 Å². The van der Waals surface area contributed by atoms with E-state index in [4.69, 9.17) is 5.73 Å². The van der Waals surface area contributed by atoms with Gasteiger partial charge in [0.25, 0.3) is 5.65 Å². The third kappa shape index (κ3) is 4.96. The van der Waals surface area contributed by atoms with Crippen LogP contribution in [0.2, 0.25) is 0 Å². The lowest BCUT2D eigenvalue weighted by Gasteiger charge is -1.98. The number of hydrogen-bond donors (Lipinski definition) is 1. The fourth-order valence-corrected chi connectivity index (χ4v) is 2.68. The van der Waals surface area contributed by atoms with Gasteiger partial charge in [-0.1, -0.05) is 23.9 Å². The summed E-state index contributed by atoms with van der Waals surface area (Å²) in [5, 5.41) is 8.32. The van der Waals surface area contributed by atoms with E-state index in [2.05, 4.69) is 69.8 Å². The minimum absolute atomic E-state index is 0. The summed E-state index contributed by atoms with van der Waals surface area (Å²) in [4.78, 5) is 0. The summed E-state index contributed by atoms with van der Waals surface area (Å²) < 4.78 is 4.34. The molecule has 0 atom stereocenters. The molecule has 2 aromatic heterocycles. The molecule has 1 aromatic carbocycles. The molecule has 3 rings (SSSR count). The summed E-state index contributed by atoms with van der Waals surface area (Å²) in [6.07, 6.45) is 7.85. The molecule has 0 bridgehead atoms. The second kappa shape index (κ2) is 9.89. The predicted molar refractivity (Wildman–Crippen MR) is 112 cm³/mol. The Labute approximate surface area is 178 Å². The Morgan fingerprint density at radius 2 is 1.85 bits per heavy atom. The van der Waals surface area contributed by atoms with Crippen molar-refractivity contribution in [2.24, 2.45) is 23.0 Å². The van der Waals surface area contributed by atoms with Crippen LogP contribution in [0.3, 0.4) is 0 Å². The van der Waals surface area contributed by atoms with E-state index in [-0.39, 0.29) is 34.0 Å². The first-order chi connectivity index (χ1) is 11.6. The van der Waals surface area contributed by atoms with Crippen LogP contribution in [0.1, 0.15) is 11.1 Å². The molecule has 0 aliphatic heterocycles. The third-order valence-corrected chi connectivity index (χ3v) is 4.35. The van der Waals surface area contributed by atoms with Crippen molar-refractivity contribution in [3.05, 3.63) is 59.9 Å². The molecule has 0 amide bonds. The van der Waals surface area contributed by atoms with Gasteiger partial charge in [-0.05, 0) is 42.5 Å². The molecule has 26 heavy (non-hydrogen) atoms. The number of nitrogens with zero attached hydrogens (tertiary/aromatic N) is 4. The Hall–Kier alpha value is -1.64. The highest BCUT2D eigenvalue weighted by Gasteiger charge is 2.15. The van der Waals surface area contributed by atoms with Crippen LogP contribution in [0.5, 0.6) is 0 Å². The number of rotatable bonds is 3. The van der Waals surface area contributed by atoms with E-state index < -0.39 is 0 Å². The van der Waals surface area contributed by atoms with E-state index in [9.17, 15) is 0 Å². The van der Waals surface area contributed by atoms with Crippen molar-refractivity contribution >= 4 is 45.8 Å². The SMILES string of the molecule is Br.CS/C(N)=N/N=C/c1ccc(-c2c[n+]3cc(C)ccc3n2C)cc1.[Br-]. The molecule has 0 unspecified atom stereocenters. The number of pyridine rings is 1. The van der Waals surface area contributed by atoms with Gasteiger partial charge in [0.1, 0.15) is 6.20 Å². The van der Waals surface area contributed by atoms with Crippen LogP contribution in [0.15, 0.2) is 59.0 Å². The van der Waals surface area contributed by atoms with E-state index in [1.165, 1.54) is 17.3 Å². The molecule has 3 aromatic rings. The second-order valence-electron chi connectivity index (χ2n) is 5.55. The van der Waals surface area contributed by atoms with Crippen LogP contribution in [0.25, 0.3) is 16.9 Å².